The van der Waals surface area contributed by atoms with Crippen LogP contribution in [0.5, 0.6) is 5.75 Å². The van der Waals surface area contributed by atoms with Gasteiger partial charge in [0, 0.05) is 10.4 Å². The van der Waals surface area contributed by atoms with Crippen LogP contribution < -0.4 is 10.1 Å². The minimum absolute atomic E-state index is 0.213. The Balaban J connectivity index is 1.46. The molecule has 0 bridgehead atoms. The zero-order chi connectivity index (χ0) is 22.8. The number of carbonyl (C=O) groups excluding carboxylic acids is 2. The van der Waals surface area contributed by atoms with Gasteiger partial charge < -0.3 is 19.8 Å². The van der Waals surface area contributed by atoms with Crippen molar-refractivity contribution < 1.29 is 19.1 Å². The lowest BCUT2D eigenvalue weighted by molar-refractivity contribution is -0.142. The Morgan fingerprint density at radius 2 is 1.97 bits per heavy atom. The summed E-state index contributed by atoms with van der Waals surface area (Å²) in [6, 6.07) is 14.7. The predicted molar refractivity (Wildman–Crippen MR) is 128 cm³/mol. The summed E-state index contributed by atoms with van der Waals surface area (Å²) >= 11 is 1.63. The fourth-order valence-corrected chi connectivity index (χ4v) is 5.37. The Morgan fingerprint density at radius 3 is 2.82 bits per heavy atom. The molecule has 2 aromatic carbocycles. The van der Waals surface area contributed by atoms with Crippen LogP contribution in [0.25, 0.3) is 22.4 Å². The standard InChI is InChI=1S/C25H23N3O4S/c1-31-21(29)14-32-16-8-6-7-15(13-16)24(30)28-25-22(17-9-2-5-12-20(17)33-25)23-26-18-10-3-4-11-19(18)27-23/h3-4,6-8,10-11,13H,2,5,9,12,14H2,1H3,(H,26,27)(H,28,30). The Bertz CT molecular complexity index is 1310. The van der Waals surface area contributed by atoms with Gasteiger partial charge in [0.05, 0.1) is 23.7 Å². The predicted octanol–water partition coefficient (Wildman–Crippen LogP) is 4.97. The number of hydrogen-bond acceptors (Lipinski definition) is 6. The molecule has 1 amide bonds. The number of benzene rings is 2. The number of imidazole rings is 1. The second-order valence-electron chi connectivity index (χ2n) is 7.86. The number of fused-ring (bicyclic) bond motifs is 2. The van der Waals surface area contributed by atoms with Gasteiger partial charge in [-0.1, -0.05) is 18.2 Å². The number of hydrogen-bond donors (Lipinski definition) is 2. The SMILES string of the molecule is COC(=O)COc1cccc(C(=O)Nc2sc3c(c2-c2nc4ccccc4[nH]2)CCCC3)c1. The van der Waals surface area contributed by atoms with Gasteiger partial charge in [-0.2, -0.15) is 0 Å². The quantitative estimate of drug-likeness (QED) is 0.395. The van der Waals surface area contributed by atoms with Gasteiger partial charge in [0.2, 0.25) is 0 Å². The number of methoxy groups -OCH3 is 1. The van der Waals surface area contributed by atoms with Crippen molar-refractivity contribution in [1.82, 2.24) is 9.97 Å². The van der Waals surface area contributed by atoms with Gasteiger partial charge in [0.15, 0.2) is 6.61 Å². The van der Waals surface area contributed by atoms with Crippen molar-refractivity contribution in [3.05, 3.63) is 64.5 Å². The molecule has 0 saturated carbocycles. The number of aromatic nitrogens is 2. The smallest absolute Gasteiger partial charge is 0.343 e. The van der Waals surface area contributed by atoms with Gasteiger partial charge in [-0.15, -0.1) is 11.3 Å². The number of amides is 1. The maximum Gasteiger partial charge on any atom is 0.343 e. The molecule has 7 nitrogen and oxygen atoms in total. The van der Waals surface area contributed by atoms with E-state index in [4.69, 9.17) is 9.72 Å². The molecule has 33 heavy (non-hydrogen) atoms. The van der Waals surface area contributed by atoms with Crippen LogP contribution in [-0.2, 0) is 22.4 Å². The Labute approximate surface area is 194 Å². The first-order valence-corrected chi connectivity index (χ1v) is 11.6. The summed E-state index contributed by atoms with van der Waals surface area (Å²) in [5, 5.41) is 3.90. The van der Waals surface area contributed by atoms with Crippen molar-refractivity contribution in [3.8, 4) is 17.1 Å². The van der Waals surface area contributed by atoms with Crippen LogP contribution in [0, 0.1) is 0 Å². The lowest BCUT2D eigenvalue weighted by Gasteiger charge is -2.12. The zero-order valence-corrected chi connectivity index (χ0v) is 19.0. The highest BCUT2D eigenvalue weighted by molar-refractivity contribution is 7.17. The average molecular weight is 462 g/mol. The first kappa shape index (κ1) is 21.2. The van der Waals surface area contributed by atoms with Crippen molar-refractivity contribution in [2.24, 2.45) is 0 Å². The summed E-state index contributed by atoms with van der Waals surface area (Å²) in [4.78, 5) is 34.0. The van der Waals surface area contributed by atoms with E-state index in [1.54, 1.807) is 35.6 Å². The molecule has 0 radical (unpaired) electrons. The van der Waals surface area contributed by atoms with Crippen LogP contribution in [0.3, 0.4) is 0 Å². The lowest BCUT2D eigenvalue weighted by atomic mass is 9.95. The summed E-state index contributed by atoms with van der Waals surface area (Å²) in [5.74, 6) is 0.482. The molecular weight excluding hydrogens is 438 g/mol. The Kier molecular flexibility index (Phi) is 5.83. The average Bonchev–Trinajstić information content (AvgIpc) is 3.43. The number of aryl methyl sites for hydroxylation is 1. The third-order valence-corrected chi connectivity index (χ3v) is 6.91. The molecule has 1 aliphatic carbocycles. The van der Waals surface area contributed by atoms with Gasteiger partial charge >= 0.3 is 5.97 Å². The number of anilines is 1. The van der Waals surface area contributed by atoms with Crippen molar-refractivity contribution in [2.75, 3.05) is 19.0 Å². The number of esters is 1. The van der Waals surface area contributed by atoms with Crippen molar-refractivity contribution in [1.29, 1.82) is 0 Å². The molecule has 0 unspecified atom stereocenters. The van der Waals surface area contributed by atoms with E-state index < -0.39 is 5.97 Å². The molecule has 0 spiro atoms. The van der Waals surface area contributed by atoms with E-state index in [-0.39, 0.29) is 12.5 Å². The number of nitrogens with one attached hydrogen (secondary N) is 2. The van der Waals surface area contributed by atoms with E-state index in [0.717, 1.165) is 53.1 Å². The van der Waals surface area contributed by atoms with Gasteiger partial charge in [0.1, 0.15) is 16.6 Å². The highest BCUT2D eigenvalue weighted by atomic mass is 32.1. The van der Waals surface area contributed by atoms with Gasteiger partial charge in [-0.25, -0.2) is 9.78 Å². The topological polar surface area (TPSA) is 93.3 Å². The van der Waals surface area contributed by atoms with E-state index in [1.165, 1.54) is 17.6 Å². The molecule has 0 atom stereocenters. The van der Waals surface area contributed by atoms with Crippen LogP contribution in [0.15, 0.2) is 48.5 Å². The van der Waals surface area contributed by atoms with Crippen LogP contribution in [0.1, 0.15) is 33.6 Å². The maximum absolute atomic E-state index is 13.1. The normalized spacial score (nSPS) is 12.9. The number of thiophene rings is 1. The number of para-hydroxylation sites is 2. The van der Waals surface area contributed by atoms with E-state index >= 15 is 0 Å². The number of aromatic amines is 1. The Morgan fingerprint density at radius 1 is 1.12 bits per heavy atom. The first-order chi connectivity index (χ1) is 16.1. The molecule has 168 valence electrons. The molecule has 1 aliphatic rings. The molecule has 0 aliphatic heterocycles. The number of carbonyl (C=O) groups is 2. The monoisotopic (exact) mass is 461 g/mol. The molecule has 2 heterocycles. The highest BCUT2D eigenvalue weighted by Gasteiger charge is 2.25. The number of ether oxygens (including phenoxy) is 2. The summed E-state index contributed by atoms with van der Waals surface area (Å²) < 4.78 is 10.0. The molecule has 5 rings (SSSR count). The van der Waals surface area contributed by atoms with Crippen LogP contribution >= 0.6 is 11.3 Å². The van der Waals surface area contributed by atoms with Crippen LogP contribution in [-0.4, -0.2) is 35.6 Å². The second kappa shape index (κ2) is 9.07. The number of nitrogens with zero attached hydrogens (tertiary/aromatic N) is 1. The second-order valence-corrected chi connectivity index (χ2v) is 8.97. The molecule has 4 aromatic rings. The number of H-pyrrole nitrogens is 1. The molecule has 0 saturated heterocycles. The van der Waals surface area contributed by atoms with Crippen LogP contribution in [0.4, 0.5) is 5.00 Å². The van der Waals surface area contributed by atoms with E-state index in [9.17, 15) is 9.59 Å². The minimum atomic E-state index is -0.482. The van der Waals surface area contributed by atoms with Crippen molar-refractivity contribution >= 4 is 39.2 Å². The van der Waals surface area contributed by atoms with Crippen molar-refractivity contribution in [2.45, 2.75) is 25.7 Å². The van der Waals surface area contributed by atoms with Gasteiger partial charge in [-0.3, -0.25) is 4.79 Å². The molecule has 0 fully saturated rings. The van der Waals surface area contributed by atoms with Crippen LogP contribution in [0.2, 0.25) is 0 Å². The van der Waals surface area contributed by atoms with E-state index in [2.05, 4.69) is 15.0 Å². The largest absolute Gasteiger partial charge is 0.482 e. The zero-order valence-electron chi connectivity index (χ0n) is 18.1. The number of rotatable bonds is 6. The Hall–Kier alpha value is -3.65. The van der Waals surface area contributed by atoms with E-state index in [1.807, 2.05) is 24.3 Å². The summed E-state index contributed by atoms with van der Waals surface area (Å²) in [6.07, 6.45) is 4.27. The van der Waals surface area contributed by atoms with Crippen molar-refractivity contribution in [3.63, 3.8) is 0 Å². The summed E-state index contributed by atoms with van der Waals surface area (Å²) in [7, 11) is 1.30. The molecule has 8 heteroatoms. The fourth-order valence-electron chi connectivity index (χ4n) is 4.08. The lowest BCUT2D eigenvalue weighted by Crippen LogP contribution is -2.14. The fraction of sp³-hybridized carbons (Fsp3) is 0.240. The third-order valence-electron chi connectivity index (χ3n) is 5.71. The molecule has 2 N–H and O–H groups in total. The maximum atomic E-state index is 13.1. The molecular formula is C25H23N3O4S. The molecule has 2 aromatic heterocycles. The summed E-state index contributed by atoms with van der Waals surface area (Å²) in [6.45, 7) is -0.213. The highest BCUT2D eigenvalue weighted by Crippen LogP contribution is 2.43. The minimum Gasteiger partial charge on any atom is -0.482 e. The first-order valence-electron chi connectivity index (χ1n) is 10.8. The van der Waals surface area contributed by atoms with E-state index in [0.29, 0.717) is 11.3 Å². The van der Waals surface area contributed by atoms with Gasteiger partial charge in [-0.05, 0) is 61.6 Å². The van der Waals surface area contributed by atoms with Gasteiger partial charge in [0.25, 0.3) is 5.91 Å². The summed E-state index contributed by atoms with van der Waals surface area (Å²) in [5.41, 5.74) is 4.57. The third kappa shape index (κ3) is 4.34.